The summed E-state index contributed by atoms with van der Waals surface area (Å²) >= 11 is 21.0. The third kappa shape index (κ3) is 2.08. The van der Waals surface area contributed by atoms with Crippen LogP contribution in [0.15, 0.2) is 0 Å². The molecule has 0 aromatic carbocycles. The number of hydrogen-bond acceptors (Lipinski definition) is 2. The van der Waals surface area contributed by atoms with Crippen LogP contribution < -0.4 is 10.6 Å². The zero-order valence-corrected chi connectivity index (χ0v) is 8.11. The SMILES string of the molecule is O=C1NC(=S)NC1C(Cl)(Cl)Cl. The van der Waals surface area contributed by atoms with Crippen molar-refractivity contribution in [3.05, 3.63) is 0 Å². The van der Waals surface area contributed by atoms with Crippen LogP contribution in [-0.4, -0.2) is 20.9 Å². The molecule has 2 N–H and O–H groups in total. The third-order valence-electron chi connectivity index (χ3n) is 1.10. The molecule has 1 rings (SSSR count). The number of carbonyl (C=O) groups is 1. The Morgan fingerprint density at radius 2 is 2.00 bits per heavy atom. The van der Waals surface area contributed by atoms with Gasteiger partial charge in [0.2, 0.25) is 3.79 Å². The molecule has 1 saturated heterocycles. The van der Waals surface area contributed by atoms with Crippen LogP contribution in [0.3, 0.4) is 0 Å². The van der Waals surface area contributed by atoms with E-state index in [1.54, 1.807) is 0 Å². The first-order chi connectivity index (χ1) is 4.91. The molecule has 1 amide bonds. The van der Waals surface area contributed by atoms with Crippen LogP contribution in [-0.2, 0) is 4.79 Å². The highest BCUT2D eigenvalue weighted by atomic mass is 35.6. The lowest BCUT2D eigenvalue weighted by molar-refractivity contribution is -0.120. The Morgan fingerprint density at radius 1 is 1.45 bits per heavy atom. The molecule has 1 heterocycles. The summed E-state index contributed by atoms with van der Waals surface area (Å²) in [6.07, 6.45) is 0. The molecular formula is C4H3Cl3N2OS. The van der Waals surface area contributed by atoms with Gasteiger partial charge in [-0.15, -0.1) is 0 Å². The van der Waals surface area contributed by atoms with Crippen LogP contribution in [0.25, 0.3) is 0 Å². The Kier molecular flexibility index (Phi) is 2.49. The minimum Gasteiger partial charge on any atom is -0.347 e. The molecule has 11 heavy (non-hydrogen) atoms. The summed E-state index contributed by atoms with van der Waals surface area (Å²) in [5.74, 6) is -0.421. The van der Waals surface area contributed by atoms with E-state index in [9.17, 15) is 4.79 Å². The highest BCUT2D eigenvalue weighted by Gasteiger charge is 2.42. The Labute approximate surface area is 83.4 Å². The summed E-state index contributed by atoms with van der Waals surface area (Å²) in [4.78, 5) is 10.9. The number of halogens is 3. The van der Waals surface area contributed by atoms with Crippen LogP contribution >= 0.6 is 47.0 Å². The van der Waals surface area contributed by atoms with E-state index in [1.807, 2.05) is 0 Å². The monoisotopic (exact) mass is 232 g/mol. The first-order valence-corrected chi connectivity index (χ1v) is 4.13. The second-order valence-corrected chi connectivity index (χ2v) is 4.71. The molecule has 0 aliphatic carbocycles. The van der Waals surface area contributed by atoms with Crippen molar-refractivity contribution >= 4 is 58.0 Å². The van der Waals surface area contributed by atoms with Gasteiger partial charge in [-0.3, -0.25) is 4.79 Å². The molecule has 0 aromatic heterocycles. The van der Waals surface area contributed by atoms with Crippen molar-refractivity contribution < 1.29 is 4.79 Å². The van der Waals surface area contributed by atoms with E-state index in [1.165, 1.54) is 0 Å². The summed E-state index contributed by atoms with van der Waals surface area (Å²) < 4.78 is -1.66. The van der Waals surface area contributed by atoms with Crippen LogP contribution in [0.4, 0.5) is 0 Å². The number of thiocarbonyl (C=S) groups is 1. The quantitative estimate of drug-likeness (QED) is 0.479. The Morgan fingerprint density at radius 3 is 2.18 bits per heavy atom. The molecular weight excluding hydrogens is 230 g/mol. The van der Waals surface area contributed by atoms with Crippen LogP contribution in [0, 0.1) is 0 Å². The van der Waals surface area contributed by atoms with Gasteiger partial charge in [0.25, 0.3) is 5.91 Å². The lowest BCUT2D eigenvalue weighted by atomic mass is 10.3. The molecule has 0 spiro atoms. The van der Waals surface area contributed by atoms with Crippen LogP contribution in [0.1, 0.15) is 0 Å². The first-order valence-electron chi connectivity index (χ1n) is 2.59. The number of rotatable bonds is 0. The normalized spacial score (nSPS) is 24.8. The highest BCUT2D eigenvalue weighted by molar-refractivity contribution is 7.80. The summed E-state index contributed by atoms with van der Waals surface area (Å²) in [7, 11) is 0. The number of alkyl halides is 3. The molecule has 0 aromatic rings. The van der Waals surface area contributed by atoms with Crippen molar-refractivity contribution in [2.75, 3.05) is 0 Å². The maximum atomic E-state index is 10.9. The minimum absolute atomic E-state index is 0.186. The smallest absolute Gasteiger partial charge is 0.253 e. The van der Waals surface area contributed by atoms with Crippen molar-refractivity contribution in [3.63, 3.8) is 0 Å². The predicted octanol–water partition coefficient (Wildman–Crippen LogP) is 0.729. The third-order valence-corrected chi connectivity index (χ3v) is 1.98. The molecule has 0 bridgehead atoms. The molecule has 0 saturated carbocycles. The molecule has 0 radical (unpaired) electrons. The van der Waals surface area contributed by atoms with E-state index in [2.05, 4.69) is 22.9 Å². The Hall–Kier alpha value is 0.230. The number of hydrogen-bond donors (Lipinski definition) is 2. The van der Waals surface area contributed by atoms with Crippen molar-refractivity contribution in [2.24, 2.45) is 0 Å². The maximum Gasteiger partial charge on any atom is 0.253 e. The van der Waals surface area contributed by atoms with Gasteiger partial charge in [-0.05, 0) is 12.2 Å². The van der Waals surface area contributed by atoms with E-state index < -0.39 is 15.7 Å². The fraction of sp³-hybridized carbons (Fsp3) is 0.500. The average molecular weight is 234 g/mol. The molecule has 1 aliphatic heterocycles. The summed E-state index contributed by atoms with van der Waals surface area (Å²) in [6, 6.07) is -0.889. The second-order valence-electron chi connectivity index (χ2n) is 1.94. The zero-order chi connectivity index (χ0) is 8.65. The number of nitrogens with one attached hydrogen (secondary N) is 2. The zero-order valence-electron chi connectivity index (χ0n) is 5.03. The van der Waals surface area contributed by atoms with E-state index >= 15 is 0 Å². The molecule has 1 atom stereocenters. The number of carbonyl (C=O) groups excluding carboxylic acids is 1. The molecule has 1 fully saturated rings. The maximum absolute atomic E-state index is 10.9. The Balaban J connectivity index is 2.76. The summed E-state index contributed by atoms with van der Waals surface area (Å²) in [6.45, 7) is 0. The number of amides is 1. The van der Waals surface area contributed by atoms with Crippen LogP contribution in [0.5, 0.6) is 0 Å². The average Bonchev–Trinajstić information content (AvgIpc) is 2.08. The van der Waals surface area contributed by atoms with E-state index in [4.69, 9.17) is 34.8 Å². The highest BCUT2D eigenvalue weighted by Crippen LogP contribution is 2.31. The van der Waals surface area contributed by atoms with Gasteiger partial charge in [0.05, 0.1) is 0 Å². The first kappa shape index (κ1) is 9.32. The van der Waals surface area contributed by atoms with Crippen molar-refractivity contribution in [1.29, 1.82) is 0 Å². The van der Waals surface area contributed by atoms with E-state index in [0.717, 1.165) is 0 Å². The fourth-order valence-electron chi connectivity index (χ4n) is 0.647. The van der Waals surface area contributed by atoms with Crippen molar-refractivity contribution in [1.82, 2.24) is 10.6 Å². The summed E-state index contributed by atoms with van der Waals surface area (Å²) in [5.41, 5.74) is 0. The lowest BCUT2D eigenvalue weighted by Gasteiger charge is -2.15. The van der Waals surface area contributed by atoms with Gasteiger partial charge in [-0.1, -0.05) is 34.8 Å². The van der Waals surface area contributed by atoms with E-state index in [0.29, 0.717) is 0 Å². The van der Waals surface area contributed by atoms with Gasteiger partial charge in [0.15, 0.2) is 11.2 Å². The van der Waals surface area contributed by atoms with E-state index in [-0.39, 0.29) is 5.11 Å². The molecule has 62 valence electrons. The van der Waals surface area contributed by atoms with Crippen molar-refractivity contribution in [3.8, 4) is 0 Å². The molecule has 3 nitrogen and oxygen atoms in total. The summed E-state index contributed by atoms with van der Waals surface area (Å²) in [5, 5.41) is 5.01. The van der Waals surface area contributed by atoms with Crippen LogP contribution in [0.2, 0.25) is 0 Å². The van der Waals surface area contributed by atoms with Gasteiger partial charge in [0.1, 0.15) is 0 Å². The van der Waals surface area contributed by atoms with Gasteiger partial charge in [-0.2, -0.15) is 0 Å². The van der Waals surface area contributed by atoms with Gasteiger partial charge in [-0.25, -0.2) is 0 Å². The minimum atomic E-state index is -1.66. The van der Waals surface area contributed by atoms with Gasteiger partial charge in [0, 0.05) is 0 Å². The van der Waals surface area contributed by atoms with Gasteiger partial charge >= 0.3 is 0 Å². The van der Waals surface area contributed by atoms with Gasteiger partial charge < -0.3 is 10.6 Å². The largest absolute Gasteiger partial charge is 0.347 e. The Bertz CT molecular complexity index is 214. The lowest BCUT2D eigenvalue weighted by Crippen LogP contribution is -2.40. The second kappa shape index (κ2) is 2.94. The molecule has 1 aliphatic rings. The predicted molar refractivity (Wildman–Crippen MR) is 48.0 cm³/mol. The molecule has 1 unspecified atom stereocenters. The van der Waals surface area contributed by atoms with Crippen molar-refractivity contribution in [2.45, 2.75) is 9.83 Å². The fourth-order valence-corrected chi connectivity index (χ4v) is 1.33. The molecule has 7 heteroatoms. The standard InChI is InChI=1S/C4H3Cl3N2OS/c5-4(6,7)1-2(10)9-3(11)8-1/h1H,(H2,8,9,10,11). The topological polar surface area (TPSA) is 41.1 Å².